The zero-order chi connectivity index (χ0) is 23.2. The second-order valence-corrected chi connectivity index (χ2v) is 9.79. The van der Waals surface area contributed by atoms with E-state index in [0.29, 0.717) is 22.7 Å². The number of carbonyl (C=O) groups is 1. The van der Waals surface area contributed by atoms with E-state index in [1.54, 1.807) is 0 Å². The second-order valence-electron chi connectivity index (χ2n) is 8.31. The normalized spacial score (nSPS) is 17.1. The van der Waals surface area contributed by atoms with Gasteiger partial charge in [-0.15, -0.1) is 10.2 Å². The van der Waals surface area contributed by atoms with Crippen LogP contribution in [0.5, 0.6) is 0 Å². The maximum Gasteiger partial charge on any atom is 0.416 e. The Morgan fingerprint density at radius 1 is 1.09 bits per heavy atom. The average molecular weight is 493 g/mol. The Morgan fingerprint density at radius 2 is 1.82 bits per heavy atom. The van der Waals surface area contributed by atoms with Crippen molar-refractivity contribution in [2.24, 2.45) is 0 Å². The quantitative estimate of drug-likeness (QED) is 0.376. The van der Waals surface area contributed by atoms with E-state index in [4.69, 9.17) is 11.6 Å². The molecule has 5 rings (SSSR count). The number of aromatic nitrogens is 3. The molecule has 10 heteroatoms. The van der Waals surface area contributed by atoms with Crippen LogP contribution in [-0.4, -0.2) is 20.7 Å². The van der Waals surface area contributed by atoms with Crippen molar-refractivity contribution >= 4 is 35.0 Å². The first-order chi connectivity index (χ1) is 15.8. The van der Waals surface area contributed by atoms with E-state index in [1.807, 2.05) is 30.3 Å². The predicted molar refractivity (Wildman–Crippen MR) is 120 cm³/mol. The third-order valence-electron chi connectivity index (χ3n) is 5.66. The molecule has 0 aliphatic heterocycles. The number of thioether (sulfide) groups is 1. The first-order valence-corrected chi connectivity index (χ1v) is 11.9. The number of amides is 1. The van der Waals surface area contributed by atoms with Gasteiger partial charge in [0.25, 0.3) is 0 Å². The van der Waals surface area contributed by atoms with Crippen LogP contribution >= 0.6 is 23.4 Å². The molecule has 33 heavy (non-hydrogen) atoms. The van der Waals surface area contributed by atoms with Crippen LogP contribution in [0.15, 0.2) is 53.7 Å². The van der Waals surface area contributed by atoms with Crippen molar-refractivity contribution in [2.45, 2.75) is 54.2 Å². The number of rotatable bonds is 7. The molecule has 0 spiro atoms. The minimum absolute atomic E-state index is 0.0327. The van der Waals surface area contributed by atoms with Crippen LogP contribution in [0.25, 0.3) is 0 Å². The van der Waals surface area contributed by atoms with Gasteiger partial charge in [0.1, 0.15) is 11.1 Å². The Hall–Kier alpha value is -2.52. The summed E-state index contributed by atoms with van der Waals surface area (Å²) in [7, 11) is 0. The molecule has 2 fully saturated rings. The van der Waals surface area contributed by atoms with Gasteiger partial charge >= 0.3 is 6.18 Å². The lowest BCUT2D eigenvalue weighted by atomic mass is 10.1. The number of anilines is 1. The van der Waals surface area contributed by atoms with E-state index in [1.165, 1.54) is 11.8 Å². The Kier molecular flexibility index (Phi) is 5.86. The molecule has 1 amide bonds. The van der Waals surface area contributed by atoms with Crippen molar-refractivity contribution in [1.29, 1.82) is 0 Å². The molecule has 1 heterocycles. The van der Waals surface area contributed by atoms with Crippen LogP contribution in [0.1, 0.15) is 59.8 Å². The standard InChI is InChI=1S/C23H20ClF3N4OS/c24-17-11-8-15(23(25,26)27)12-18(17)28-21(32)19(13-4-2-1-3-5-13)33-22-30-29-20(14-6-7-14)31(22)16-9-10-16/h1-5,8,11-12,14,16,19H,6-7,9-10H2,(H,28,32). The van der Waals surface area contributed by atoms with Crippen molar-refractivity contribution < 1.29 is 18.0 Å². The second kappa shape index (κ2) is 8.68. The van der Waals surface area contributed by atoms with E-state index in [0.717, 1.165) is 49.7 Å². The Balaban J connectivity index is 1.45. The van der Waals surface area contributed by atoms with Gasteiger partial charge in [0.15, 0.2) is 5.16 Å². The minimum Gasteiger partial charge on any atom is -0.323 e. The SMILES string of the molecule is O=C(Nc1cc(C(F)(F)F)ccc1Cl)C(Sc1nnc(C2CC2)n1C1CC1)c1ccccc1. The summed E-state index contributed by atoms with van der Waals surface area (Å²) in [5.74, 6) is 0.902. The molecule has 0 bridgehead atoms. The molecule has 0 saturated heterocycles. The smallest absolute Gasteiger partial charge is 0.323 e. The lowest BCUT2D eigenvalue weighted by molar-refractivity contribution is -0.137. The fourth-order valence-corrected chi connectivity index (χ4v) is 4.95. The third-order valence-corrected chi connectivity index (χ3v) is 7.20. The predicted octanol–water partition coefficient (Wildman–Crippen LogP) is 6.63. The third kappa shape index (κ3) is 4.89. The number of hydrogen-bond donors (Lipinski definition) is 1. The van der Waals surface area contributed by atoms with Crippen LogP contribution in [0.3, 0.4) is 0 Å². The zero-order valence-corrected chi connectivity index (χ0v) is 18.9. The number of alkyl halides is 3. The molecule has 2 saturated carbocycles. The Morgan fingerprint density at radius 3 is 2.45 bits per heavy atom. The molecule has 2 aromatic carbocycles. The number of halogens is 4. The van der Waals surface area contributed by atoms with Gasteiger partial charge < -0.3 is 9.88 Å². The van der Waals surface area contributed by atoms with Gasteiger partial charge in [-0.2, -0.15) is 13.2 Å². The maximum atomic E-state index is 13.4. The van der Waals surface area contributed by atoms with Gasteiger partial charge in [-0.05, 0) is 49.4 Å². The number of benzene rings is 2. The fraction of sp³-hybridized carbons (Fsp3) is 0.348. The van der Waals surface area contributed by atoms with Gasteiger partial charge in [-0.3, -0.25) is 4.79 Å². The summed E-state index contributed by atoms with van der Waals surface area (Å²) < 4.78 is 41.6. The van der Waals surface area contributed by atoms with Gasteiger partial charge in [0.05, 0.1) is 16.3 Å². The van der Waals surface area contributed by atoms with Crippen molar-refractivity contribution in [3.8, 4) is 0 Å². The minimum atomic E-state index is -4.54. The summed E-state index contributed by atoms with van der Waals surface area (Å²) in [6.07, 6.45) is -0.267. The van der Waals surface area contributed by atoms with E-state index in [-0.39, 0.29) is 10.7 Å². The highest BCUT2D eigenvalue weighted by atomic mass is 35.5. The van der Waals surface area contributed by atoms with E-state index in [9.17, 15) is 18.0 Å². The Labute approximate surface area is 197 Å². The van der Waals surface area contributed by atoms with Crippen LogP contribution in [-0.2, 0) is 11.0 Å². The number of nitrogens with zero attached hydrogens (tertiary/aromatic N) is 3. The van der Waals surface area contributed by atoms with Crippen LogP contribution < -0.4 is 5.32 Å². The van der Waals surface area contributed by atoms with Crippen molar-refractivity contribution in [1.82, 2.24) is 14.8 Å². The summed E-state index contributed by atoms with van der Waals surface area (Å²) >= 11 is 7.36. The van der Waals surface area contributed by atoms with Gasteiger partial charge in [0.2, 0.25) is 5.91 Å². The number of nitrogens with one attached hydrogen (secondary N) is 1. The summed E-state index contributed by atoms with van der Waals surface area (Å²) in [5.41, 5.74) is -0.254. The monoisotopic (exact) mass is 492 g/mol. The van der Waals surface area contributed by atoms with Gasteiger partial charge in [0, 0.05) is 12.0 Å². The van der Waals surface area contributed by atoms with Crippen LogP contribution in [0.4, 0.5) is 18.9 Å². The first-order valence-electron chi connectivity index (χ1n) is 10.7. The maximum absolute atomic E-state index is 13.4. The molecule has 1 aromatic heterocycles. The summed E-state index contributed by atoms with van der Waals surface area (Å²) in [5, 5.41) is 11.3. The summed E-state index contributed by atoms with van der Waals surface area (Å²) in [6, 6.07) is 12.3. The van der Waals surface area contributed by atoms with Crippen molar-refractivity contribution in [2.75, 3.05) is 5.32 Å². The number of hydrogen-bond acceptors (Lipinski definition) is 4. The van der Waals surface area contributed by atoms with E-state index >= 15 is 0 Å². The van der Waals surface area contributed by atoms with Crippen molar-refractivity contribution in [3.63, 3.8) is 0 Å². The molecule has 3 aromatic rings. The van der Waals surface area contributed by atoms with Gasteiger partial charge in [-0.1, -0.05) is 53.7 Å². The molecule has 1 unspecified atom stereocenters. The van der Waals surface area contributed by atoms with E-state index < -0.39 is 22.9 Å². The highest BCUT2D eigenvalue weighted by Crippen LogP contribution is 2.48. The molecule has 2 aliphatic carbocycles. The average Bonchev–Trinajstić information content (AvgIpc) is 3.72. The van der Waals surface area contributed by atoms with Crippen molar-refractivity contribution in [3.05, 3.63) is 70.5 Å². The molecule has 172 valence electrons. The summed E-state index contributed by atoms with van der Waals surface area (Å²) in [6.45, 7) is 0. The highest BCUT2D eigenvalue weighted by Gasteiger charge is 2.38. The molecule has 1 N–H and O–H groups in total. The highest BCUT2D eigenvalue weighted by molar-refractivity contribution is 8.00. The molecular weight excluding hydrogens is 473 g/mol. The molecule has 5 nitrogen and oxygen atoms in total. The molecule has 1 atom stereocenters. The Bertz CT molecular complexity index is 1180. The molecular formula is C23H20ClF3N4OS. The van der Waals surface area contributed by atoms with Crippen LogP contribution in [0.2, 0.25) is 5.02 Å². The topological polar surface area (TPSA) is 59.8 Å². The molecule has 2 aliphatic rings. The molecule has 0 radical (unpaired) electrons. The number of carbonyl (C=O) groups excluding carboxylic acids is 1. The largest absolute Gasteiger partial charge is 0.416 e. The van der Waals surface area contributed by atoms with E-state index in [2.05, 4.69) is 20.1 Å². The fourth-order valence-electron chi connectivity index (χ4n) is 3.67. The lowest BCUT2D eigenvalue weighted by Gasteiger charge is -2.18. The van der Waals surface area contributed by atoms with Gasteiger partial charge in [-0.25, -0.2) is 0 Å². The lowest BCUT2D eigenvalue weighted by Crippen LogP contribution is -2.20. The first kappa shape index (κ1) is 22.3. The zero-order valence-electron chi connectivity index (χ0n) is 17.3. The summed E-state index contributed by atoms with van der Waals surface area (Å²) in [4.78, 5) is 13.4. The van der Waals surface area contributed by atoms with Crippen LogP contribution in [0, 0.1) is 0 Å².